The van der Waals surface area contributed by atoms with Crippen LogP contribution >= 0.6 is 11.6 Å². The van der Waals surface area contributed by atoms with Crippen LogP contribution in [0.15, 0.2) is 23.1 Å². The Morgan fingerprint density at radius 1 is 1.23 bits per heavy atom. The van der Waals surface area contributed by atoms with Gasteiger partial charge in [0.15, 0.2) is 6.61 Å². The Bertz CT molecular complexity index is 883. The van der Waals surface area contributed by atoms with Crippen molar-refractivity contribution in [2.24, 2.45) is 17.8 Å². The Morgan fingerprint density at radius 2 is 1.90 bits per heavy atom. The molecule has 0 radical (unpaired) electrons. The maximum absolute atomic E-state index is 12.4. The fourth-order valence-corrected chi connectivity index (χ4v) is 4.81. The molecule has 168 valence electrons. The van der Waals surface area contributed by atoms with Gasteiger partial charge in [-0.2, -0.15) is 0 Å². The Labute approximate surface area is 183 Å². The zero-order chi connectivity index (χ0) is 22.6. The van der Waals surface area contributed by atoms with Gasteiger partial charge in [0.2, 0.25) is 10.0 Å². The maximum Gasteiger partial charge on any atom is 0.344 e. The highest BCUT2D eigenvalue weighted by Gasteiger charge is 2.33. The van der Waals surface area contributed by atoms with Gasteiger partial charge in [0.1, 0.15) is 6.10 Å². The maximum atomic E-state index is 12.4. The average molecular weight is 460 g/mol. The third-order valence-electron chi connectivity index (χ3n) is 5.50. The summed E-state index contributed by atoms with van der Waals surface area (Å²) >= 11 is 6.04. The first kappa shape index (κ1) is 24.6. The minimum atomic E-state index is -3.74. The van der Waals surface area contributed by atoms with Crippen LogP contribution in [0.1, 0.15) is 50.4 Å². The van der Waals surface area contributed by atoms with E-state index in [0.29, 0.717) is 11.8 Å². The van der Waals surface area contributed by atoms with Crippen LogP contribution in [0, 0.1) is 17.8 Å². The largest absolute Gasteiger partial charge is 0.460 e. The number of sulfonamides is 1. The van der Waals surface area contributed by atoms with Crippen molar-refractivity contribution >= 4 is 33.6 Å². The molecular weight excluding hydrogens is 430 g/mol. The summed E-state index contributed by atoms with van der Waals surface area (Å²) in [6.45, 7) is 5.79. The zero-order valence-corrected chi connectivity index (χ0v) is 19.6. The summed E-state index contributed by atoms with van der Waals surface area (Å²) in [5.74, 6) is -0.367. The second kappa shape index (κ2) is 10.1. The molecule has 1 aliphatic carbocycles. The number of hydrogen-bond acceptors (Lipinski definition) is 6. The Morgan fingerprint density at radius 3 is 2.50 bits per heavy atom. The van der Waals surface area contributed by atoms with Crippen molar-refractivity contribution in [1.29, 1.82) is 0 Å². The number of carbonyl (C=O) groups is 2. The van der Waals surface area contributed by atoms with Gasteiger partial charge in [-0.25, -0.2) is 22.3 Å². The van der Waals surface area contributed by atoms with E-state index < -0.39 is 28.6 Å². The first-order chi connectivity index (χ1) is 13.9. The molecule has 30 heavy (non-hydrogen) atoms. The van der Waals surface area contributed by atoms with Crippen molar-refractivity contribution < 1.29 is 27.5 Å². The molecule has 9 heteroatoms. The normalized spacial score (nSPS) is 22.2. The van der Waals surface area contributed by atoms with Gasteiger partial charge in [0.25, 0.3) is 0 Å². The van der Waals surface area contributed by atoms with E-state index in [0.717, 1.165) is 29.6 Å². The van der Waals surface area contributed by atoms with Crippen LogP contribution in [0.25, 0.3) is 0 Å². The monoisotopic (exact) mass is 459 g/mol. The van der Waals surface area contributed by atoms with E-state index in [2.05, 4.69) is 20.8 Å². The van der Waals surface area contributed by atoms with Crippen LogP contribution in [-0.2, 0) is 24.3 Å². The van der Waals surface area contributed by atoms with Crippen LogP contribution in [0.2, 0.25) is 5.02 Å². The molecule has 0 heterocycles. The Kier molecular flexibility index (Phi) is 8.30. The van der Waals surface area contributed by atoms with Gasteiger partial charge in [0.05, 0.1) is 15.5 Å². The molecule has 1 saturated carbocycles. The van der Waals surface area contributed by atoms with Gasteiger partial charge in [0, 0.05) is 14.1 Å². The van der Waals surface area contributed by atoms with E-state index in [4.69, 9.17) is 21.1 Å². The summed E-state index contributed by atoms with van der Waals surface area (Å²) < 4.78 is 36.2. The molecule has 0 aliphatic heterocycles. The van der Waals surface area contributed by atoms with Gasteiger partial charge in [-0.05, 0) is 48.8 Å². The average Bonchev–Trinajstić information content (AvgIpc) is 2.66. The fourth-order valence-electron chi connectivity index (χ4n) is 3.69. The number of esters is 2. The third kappa shape index (κ3) is 5.95. The molecular formula is C21H30ClNO6S. The van der Waals surface area contributed by atoms with Gasteiger partial charge >= 0.3 is 11.9 Å². The standard InChI is InChI=1S/C21H30ClNO6S/c1-13(2)16-8-6-14(3)10-19(16)29-20(24)12-28-21(25)17-11-15(7-9-18(17)22)30(26,27)23(4)5/h7,9,11,13-14,16,19H,6,8,10,12H2,1-5H3. The third-order valence-corrected chi connectivity index (χ3v) is 7.64. The predicted molar refractivity (Wildman–Crippen MR) is 114 cm³/mol. The van der Waals surface area contributed by atoms with Crippen LogP contribution in [-0.4, -0.2) is 51.5 Å². The number of nitrogens with zero attached hydrogens (tertiary/aromatic N) is 1. The highest BCUT2D eigenvalue weighted by molar-refractivity contribution is 7.89. The molecule has 0 bridgehead atoms. The summed E-state index contributed by atoms with van der Waals surface area (Å²) in [6.07, 6.45) is 2.70. The van der Waals surface area contributed by atoms with E-state index in [1.54, 1.807) is 0 Å². The molecule has 1 aromatic carbocycles. The fraction of sp³-hybridized carbons (Fsp3) is 0.619. The molecule has 1 fully saturated rings. The van der Waals surface area contributed by atoms with Gasteiger partial charge in [-0.1, -0.05) is 38.8 Å². The first-order valence-corrected chi connectivity index (χ1v) is 11.8. The lowest BCUT2D eigenvalue weighted by Gasteiger charge is -2.36. The van der Waals surface area contributed by atoms with Crippen LogP contribution in [0.5, 0.6) is 0 Å². The quantitative estimate of drug-likeness (QED) is 0.577. The molecule has 7 nitrogen and oxygen atoms in total. The van der Waals surface area contributed by atoms with E-state index in [1.165, 1.54) is 26.2 Å². The van der Waals surface area contributed by atoms with E-state index in [1.807, 2.05) is 0 Å². The second-order valence-electron chi connectivity index (χ2n) is 8.36. The number of rotatable bonds is 7. The van der Waals surface area contributed by atoms with Crippen molar-refractivity contribution in [3.63, 3.8) is 0 Å². The van der Waals surface area contributed by atoms with Crippen molar-refractivity contribution in [2.75, 3.05) is 20.7 Å². The Hall–Kier alpha value is -1.64. The van der Waals surface area contributed by atoms with Crippen LogP contribution in [0.3, 0.4) is 0 Å². The lowest BCUT2D eigenvalue weighted by atomic mass is 9.75. The summed E-state index contributed by atoms with van der Waals surface area (Å²) in [5.41, 5.74) is -0.126. The highest BCUT2D eigenvalue weighted by atomic mass is 35.5. The molecule has 0 spiro atoms. The lowest BCUT2D eigenvalue weighted by molar-refractivity contribution is -0.159. The molecule has 1 aromatic rings. The summed E-state index contributed by atoms with van der Waals surface area (Å²) in [5, 5.41) is 0.0343. The minimum absolute atomic E-state index is 0.0343. The van der Waals surface area contributed by atoms with Crippen molar-refractivity contribution in [3.8, 4) is 0 Å². The van der Waals surface area contributed by atoms with Crippen molar-refractivity contribution in [3.05, 3.63) is 28.8 Å². The minimum Gasteiger partial charge on any atom is -0.460 e. The topological polar surface area (TPSA) is 90.0 Å². The molecule has 2 rings (SSSR count). The molecule has 0 N–H and O–H groups in total. The second-order valence-corrected chi connectivity index (χ2v) is 10.9. The smallest absolute Gasteiger partial charge is 0.344 e. The van der Waals surface area contributed by atoms with Gasteiger partial charge in [-0.3, -0.25) is 0 Å². The summed E-state index contributed by atoms with van der Waals surface area (Å²) in [7, 11) is -0.978. The zero-order valence-electron chi connectivity index (χ0n) is 18.1. The first-order valence-electron chi connectivity index (χ1n) is 10.0. The predicted octanol–water partition coefficient (Wildman–Crippen LogP) is 3.75. The van der Waals surface area contributed by atoms with E-state index in [-0.39, 0.29) is 27.5 Å². The molecule has 0 saturated heterocycles. The van der Waals surface area contributed by atoms with Crippen LogP contribution in [0.4, 0.5) is 0 Å². The number of benzene rings is 1. The Balaban J connectivity index is 2.04. The van der Waals surface area contributed by atoms with Gasteiger partial charge < -0.3 is 9.47 Å². The molecule has 0 aromatic heterocycles. The molecule has 0 amide bonds. The molecule has 3 atom stereocenters. The van der Waals surface area contributed by atoms with Crippen molar-refractivity contribution in [2.45, 2.75) is 51.0 Å². The number of hydrogen-bond donors (Lipinski definition) is 0. The summed E-state index contributed by atoms with van der Waals surface area (Å²) in [4.78, 5) is 24.6. The van der Waals surface area contributed by atoms with Crippen LogP contribution < -0.4 is 0 Å². The number of ether oxygens (including phenoxy) is 2. The van der Waals surface area contributed by atoms with E-state index in [9.17, 15) is 18.0 Å². The lowest BCUT2D eigenvalue weighted by Crippen LogP contribution is -2.36. The number of halogens is 1. The number of carbonyl (C=O) groups excluding carboxylic acids is 2. The summed E-state index contributed by atoms with van der Waals surface area (Å²) in [6, 6.07) is 3.76. The van der Waals surface area contributed by atoms with Crippen molar-refractivity contribution in [1.82, 2.24) is 4.31 Å². The van der Waals surface area contributed by atoms with Gasteiger partial charge in [-0.15, -0.1) is 0 Å². The molecule has 3 unspecified atom stereocenters. The highest BCUT2D eigenvalue weighted by Crippen LogP contribution is 2.35. The SMILES string of the molecule is CC1CCC(C(C)C)C(OC(=O)COC(=O)c2cc(S(=O)(=O)N(C)C)ccc2Cl)C1. The van der Waals surface area contributed by atoms with E-state index >= 15 is 0 Å². The molecule has 1 aliphatic rings.